The molecule has 12 aromatic rings. The third kappa shape index (κ3) is 4.94. The normalized spacial score (nSPS) is 11.9. The van der Waals surface area contributed by atoms with Crippen molar-refractivity contribution in [1.82, 2.24) is 19.5 Å². The highest BCUT2D eigenvalue weighted by Crippen LogP contribution is 2.42. The monoisotopic (exact) mass is 730 g/mol. The number of aromatic nitrogens is 4. The van der Waals surface area contributed by atoms with Gasteiger partial charge in [-0.15, -0.1) is 0 Å². The minimum Gasteiger partial charge on any atom is -0.456 e. The van der Waals surface area contributed by atoms with Gasteiger partial charge in [0, 0.05) is 38.1 Å². The zero-order valence-corrected chi connectivity index (χ0v) is 30.4. The number of furan rings is 2. The molecule has 0 saturated carbocycles. The maximum Gasteiger partial charge on any atom is 0.238 e. The van der Waals surface area contributed by atoms with Crippen LogP contribution in [0.25, 0.3) is 117 Å². The summed E-state index contributed by atoms with van der Waals surface area (Å²) >= 11 is 0. The Morgan fingerprint density at radius 3 is 1.79 bits per heavy atom. The van der Waals surface area contributed by atoms with E-state index >= 15 is 0 Å². The van der Waals surface area contributed by atoms with Crippen molar-refractivity contribution in [3.63, 3.8) is 0 Å². The van der Waals surface area contributed by atoms with Gasteiger partial charge in [0.05, 0.1) is 16.4 Å². The van der Waals surface area contributed by atoms with Gasteiger partial charge in [-0.25, -0.2) is 4.98 Å². The molecule has 0 aliphatic rings. The zero-order chi connectivity index (χ0) is 37.5. The highest BCUT2D eigenvalue weighted by Gasteiger charge is 2.22. The Morgan fingerprint density at radius 1 is 0.351 bits per heavy atom. The standard InChI is InChI=1S/C51H30N4O2/c1-3-14-31(15-4-1)40-29-35(30-45-46(40)39-22-9-12-25-44(39)56-45)33-18-13-19-34(28-33)50-52-49(32-16-5-2-6-17-32)53-51(54-50)55-41-23-10-7-21-38(41)47-42(55)27-26-37-36-20-8-11-24-43(36)57-48(37)47/h1-30H. The van der Waals surface area contributed by atoms with Gasteiger partial charge >= 0.3 is 0 Å². The molecule has 0 radical (unpaired) electrons. The Hall–Kier alpha value is -7.83. The molecule has 6 heteroatoms. The Morgan fingerprint density at radius 2 is 0.982 bits per heavy atom. The second-order valence-electron chi connectivity index (χ2n) is 14.4. The van der Waals surface area contributed by atoms with Gasteiger partial charge in [0.1, 0.15) is 22.3 Å². The first-order chi connectivity index (χ1) is 28.2. The molecular formula is C51H30N4O2. The van der Waals surface area contributed by atoms with Gasteiger partial charge in [0.15, 0.2) is 11.6 Å². The van der Waals surface area contributed by atoms with E-state index in [9.17, 15) is 0 Å². The van der Waals surface area contributed by atoms with Gasteiger partial charge in [-0.1, -0.05) is 133 Å². The fourth-order valence-corrected chi connectivity index (χ4v) is 8.46. The summed E-state index contributed by atoms with van der Waals surface area (Å²) in [6.45, 7) is 0. The van der Waals surface area contributed by atoms with Crippen LogP contribution < -0.4 is 0 Å². The number of benzene rings is 8. The van der Waals surface area contributed by atoms with E-state index in [0.29, 0.717) is 17.6 Å². The lowest BCUT2D eigenvalue weighted by molar-refractivity contribution is 0.669. The fraction of sp³-hybridized carbons (Fsp3) is 0. The van der Waals surface area contributed by atoms with Crippen LogP contribution in [0.1, 0.15) is 0 Å². The van der Waals surface area contributed by atoms with E-state index in [1.54, 1.807) is 0 Å². The summed E-state index contributed by atoms with van der Waals surface area (Å²) in [7, 11) is 0. The van der Waals surface area contributed by atoms with Crippen molar-refractivity contribution in [3.05, 3.63) is 182 Å². The maximum absolute atomic E-state index is 6.57. The molecule has 266 valence electrons. The van der Waals surface area contributed by atoms with Crippen molar-refractivity contribution in [1.29, 1.82) is 0 Å². The molecule has 0 amide bonds. The SMILES string of the molecule is c1ccc(-c2nc(-c3cccc(-c4cc(-c5ccccc5)c5c(c4)oc4ccccc45)c3)nc(-n3c4ccccc4c4c5oc6ccccc6c5ccc43)n2)cc1. The number of hydrogen-bond acceptors (Lipinski definition) is 5. The predicted molar refractivity (Wildman–Crippen MR) is 230 cm³/mol. The van der Waals surface area contributed by atoms with E-state index in [4.69, 9.17) is 23.8 Å². The molecule has 0 unspecified atom stereocenters. The largest absolute Gasteiger partial charge is 0.456 e. The topological polar surface area (TPSA) is 69.9 Å². The van der Waals surface area contributed by atoms with E-state index in [2.05, 4.69) is 126 Å². The van der Waals surface area contributed by atoms with E-state index in [0.717, 1.165) is 99.1 Å². The number of fused-ring (bicyclic) bond motifs is 10. The maximum atomic E-state index is 6.57. The number of hydrogen-bond donors (Lipinski definition) is 0. The molecule has 0 N–H and O–H groups in total. The number of rotatable bonds is 5. The first-order valence-corrected chi connectivity index (χ1v) is 19.0. The van der Waals surface area contributed by atoms with Crippen LogP contribution in [0.2, 0.25) is 0 Å². The smallest absolute Gasteiger partial charge is 0.238 e. The van der Waals surface area contributed by atoms with E-state index in [1.807, 2.05) is 60.7 Å². The molecule has 12 rings (SSSR count). The summed E-state index contributed by atoms with van der Waals surface area (Å²) in [5, 5.41) is 6.48. The molecule has 6 nitrogen and oxygen atoms in total. The van der Waals surface area contributed by atoms with Crippen molar-refractivity contribution in [3.8, 4) is 51.0 Å². The third-order valence-electron chi connectivity index (χ3n) is 11.1. The van der Waals surface area contributed by atoms with Crippen molar-refractivity contribution in [2.24, 2.45) is 0 Å². The van der Waals surface area contributed by atoms with Gasteiger partial charge in [-0.3, -0.25) is 4.57 Å². The summed E-state index contributed by atoms with van der Waals surface area (Å²) in [4.78, 5) is 15.6. The Balaban J connectivity index is 1.08. The number of nitrogens with zero attached hydrogens (tertiary/aromatic N) is 4. The van der Waals surface area contributed by atoms with Gasteiger partial charge in [-0.2, -0.15) is 9.97 Å². The third-order valence-corrected chi connectivity index (χ3v) is 11.1. The van der Waals surface area contributed by atoms with Crippen LogP contribution in [0, 0.1) is 0 Å². The van der Waals surface area contributed by atoms with Crippen LogP contribution in [0.5, 0.6) is 0 Å². The highest BCUT2D eigenvalue weighted by molar-refractivity contribution is 6.23. The van der Waals surface area contributed by atoms with Crippen molar-refractivity contribution < 1.29 is 8.83 Å². The molecule has 0 fully saturated rings. The average molecular weight is 731 g/mol. The molecule has 0 aliphatic carbocycles. The van der Waals surface area contributed by atoms with Crippen LogP contribution in [-0.4, -0.2) is 19.5 Å². The molecule has 0 saturated heterocycles. The van der Waals surface area contributed by atoms with Crippen molar-refractivity contribution in [2.75, 3.05) is 0 Å². The minimum absolute atomic E-state index is 0.529. The molecular weight excluding hydrogens is 701 g/mol. The summed E-state index contributed by atoms with van der Waals surface area (Å²) < 4.78 is 15.2. The average Bonchev–Trinajstić information content (AvgIpc) is 3.96. The molecule has 0 atom stereocenters. The van der Waals surface area contributed by atoms with Crippen molar-refractivity contribution >= 4 is 65.7 Å². The molecule has 8 aromatic carbocycles. The quantitative estimate of drug-likeness (QED) is 0.176. The fourth-order valence-electron chi connectivity index (χ4n) is 8.46. The van der Waals surface area contributed by atoms with Crippen molar-refractivity contribution in [2.45, 2.75) is 0 Å². The Labute approximate surface area is 325 Å². The minimum atomic E-state index is 0.529. The van der Waals surface area contributed by atoms with Gasteiger partial charge in [0.2, 0.25) is 5.95 Å². The second kappa shape index (κ2) is 12.3. The van der Waals surface area contributed by atoms with Crippen LogP contribution in [0.4, 0.5) is 0 Å². The molecule has 0 aliphatic heterocycles. The lowest BCUT2D eigenvalue weighted by Gasteiger charge is -2.12. The highest BCUT2D eigenvalue weighted by atomic mass is 16.3. The van der Waals surface area contributed by atoms with E-state index in [1.165, 1.54) is 0 Å². The van der Waals surface area contributed by atoms with E-state index < -0.39 is 0 Å². The van der Waals surface area contributed by atoms with Crippen LogP contribution in [-0.2, 0) is 0 Å². The lowest BCUT2D eigenvalue weighted by atomic mass is 9.94. The van der Waals surface area contributed by atoms with Gasteiger partial charge < -0.3 is 8.83 Å². The summed E-state index contributed by atoms with van der Waals surface area (Å²) in [6, 6.07) is 62.6. The first kappa shape index (κ1) is 31.5. The van der Waals surface area contributed by atoms with E-state index in [-0.39, 0.29) is 0 Å². The van der Waals surface area contributed by atoms with Crippen LogP contribution >= 0.6 is 0 Å². The van der Waals surface area contributed by atoms with Crippen LogP contribution in [0.3, 0.4) is 0 Å². The molecule has 0 bridgehead atoms. The summed E-state index contributed by atoms with van der Waals surface area (Å²) in [5.41, 5.74) is 11.5. The Bertz CT molecular complexity index is 3530. The predicted octanol–water partition coefficient (Wildman–Crippen LogP) is 13.4. The van der Waals surface area contributed by atoms with Gasteiger partial charge in [0.25, 0.3) is 0 Å². The molecule has 57 heavy (non-hydrogen) atoms. The van der Waals surface area contributed by atoms with Gasteiger partial charge in [-0.05, 0) is 70.8 Å². The number of para-hydroxylation sites is 3. The molecule has 4 heterocycles. The first-order valence-electron chi connectivity index (χ1n) is 19.0. The summed E-state index contributed by atoms with van der Waals surface area (Å²) in [6.07, 6.45) is 0. The zero-order valence-electron chi connectivity index (χ0n) is 30.4. The molecule has 0 spiro atoms. The molecule has 4 aromatic heterocycles. The second-order valence-corrected chi connectivity index (χ2v) is 14.4. The lowest BCUT2D eigenvalue weighted by Crippen LogP contribution is -2.06. The Kier molecular flexibility index (Phi) is 6.83. The van der Waals surface area contributed by atoms with Crippen LogP contribution in [0.15, 0.2) is 191 Å². The summed E-state index contributed by atoms with van der Waals surface area (Å²) in [5.74, 6) is 1.69.